The van der Waals surface area contributed by atoms with Gasteiger partial charge in [0.25, 0.3) is 5.79 Å². The molecule has 0 aromatic carbocycles. The summed E-state index contributed by atoms with van der Waals surface area (Å²) in [5, 5.41) is 37.4. The van der Waals surface area contributed by atoms with Gasteiger partial charge in [0.15, 0.2) is 5.60 Å². The fourth-order valence-electron chi connectivity index (χ4n) is 12.2. The summed E-state index contributed by atoms with van der Waals surface area (Å²) < 4.78 is 54.0. The number of allylic oxidation sites excluding steroid dienone is 1. The molecule has 16 nitrogen and oxygen atoms in total. The number of hydrogen-bond acceptors (Lipinski definition) is 16. The zero-order valence-electron chi connectivity index (χ0n) is 29.4. The van der Waals surface area contributed by atoms with Crippen LogP contribution < -0.4 is 0 Å². The summed E-state index contributed by atoms with van der Waals surface area (Å²) in [5.74, 6) is -9.76. The van der Waals surface area contributed by atoms with Crippen molar-refractivity contribution in [3.05, 3.63) is 24.0 Å². The zero-order chi connectivity index (χ0) is 36.9. The number of aliphatic hydroxyl groups is 3. The number of rotatable bonds is 6. The Balaban J connectivity index is 1.40. The number of hydrogen-bond donors (Lipinski definition) is 3. The number of epoxide rings is 1. The molecule has 2 bridgehead atoms. The summed E-state index contributed by atoms with van der Waals surface area (Å²) in [4.78, 5) is 54.4. The molecule has 5 heterocycles. The smallest absolute Gasteiger partial charge is 0.366 e. The van der Waals surface area contributed by atoms with E-state index < -0.39 is 130 Å². The summed E-state index contributed by atoms with van der Waals surface area (Å²) >= 11 is 0. The number of fused-ring (bicyclic) bond motifs is 7. The summed E-state index contributed by atoms with van der Waals surface area (Å²) in [6.07, 6.45) is -3.11. The lowest BCUT2D eigenvalue weighted by Gasteiger charge is -2.65. The highest BCUT2D eigenvalue weighted by atomic mass is 16.7. The van der Waals surface area contributed by atoms with Crippen LogP contribution in [-0.2, 0) is 61.8 Å². The van der Waals surface area contributed by atoms with Crippen LogP contribution in [-0.4, -0.2) is 126 Å². The molecule has 280 valence electrons. The molecule has 3 saturated carbocycles. The van der Waals surface area contributed by atoms with E-state index in [9.17, 15) is 34.5 Å². The highest BCUT2D eigenvalue weighted by molar-refractivity contribution is 5.88. The maximum Gasteiger partial charge on any atom is 0.366 e. The summed E-state index contributed by atoms with van der Waals surface area (Å²) in [6.45, 7) is 6.88. The van der Waals surface area contributed by atoms with Crippen LogP contribution >= 0.6 is 0 Å². The molecule has 3 aliphatic carbocycles. The van der Waals surface area contributed by atoms with Crippen molar-refractivity contribution in [2.45, 2.75) is 107 Å². The van der Waals surface area contributed by atoms with E-state index in [2.05, 4.69) is 0 Å². The molecule has 51 heavy (non-hydrogen) atoms. The zero-order valence-corrected chi connectivity index (χ0v) is 29.4. The third-order valence-electron chi connectivity index (χ3n) is 14.1. The molecule has 5 aliphatic heterocycles. The number of carbonyl (C=O) groups excluding carboxylic acids is 4. The van der Waals surface area contributed by atoms with Crippen LogP contribution in [0.5, 0.6) is 0 Å². The van der Waals surface area contributed by atoms with E-state index in [0.717, 1.165) is 14.2 Å². The van der Waals surface area contributed by atoms with Gasteiger partial charge in [0.05, 0.1) is 52.0 Å². The first-order valence-corrected chi connectivity index (χ1v) is 17.2. The quantitative estimate of drug-likeness (QED) is 0.140. The molecule has 7 fully saturated rings. The lowest BCUT2D eigenvalue weighted by Crippen LogP contribution is -2.79. The third kappa shape index (κ3) is 3.65. The SMILES string of the molecule is C/C=C(\C)C(=O)O[C@H]1C[C@@H](OC(C)=O)[C@@]2(C(=O)OC)COC3C2[C@]12CO[C@](O)(C(=O)OC)[C@H]2[C@](C)(C12O[C@@]1(C)[C@H]1CC2OC2OC=C[C@@]21O)[C@@H]3O. The Bertz CT molecular complexity index is 1660. The number of esters is 4. The van der Waals surface area contributed by atoms with Gasteiger partial charge in [-0.15, -0.1) is 0 Å². The molecular formula is C35H44O16. The Kier molecular flexibility index (Phi) is 7.20. The third-order valence-corrected chi connectivity index (χ3v) is 14.1. The molecule has 1 spiro atoms. The predicted molar refractivity (Wildman–Crippen MR) is 164 cm³/mol. The Hall–Kier alpha value is -3.12. The topological polar surface area (TPSA) is 215 Å². The highest BCUT2D eigenvalue weighted by Crippen LogP contribution is 2.83. The maximum atomic E-state index is 14.2. The number of ether oxygens (including phenoxy) is 9. The minimum Gasteiger partial charge on any atom is -0.469 e. The monoisotopic (exact) mass is 720 g/mol. The Labute approximate surface area is 293 Å². The van der Waals surface area contributed by atoms with Crippen molar-refractivity contribution in [2.75, 3.05) is 27.4 Å². The minimum absolute atomic E-state index is 0.235. The second-order valence-electron chi connectivity index (χ2n) is 15.8. The van der Waals surface area contributed by atoms with E-state index in [1.54, 1.807) is 33.8 Å². The number of aliphatic hydroxyl groups excluding tert-OH is 1. The largest absolute Gasteiger partial charge is 0.469 e. The molecule has 0 aromatic rings. The Morgan fingerprint density at radius 2 is 1.67 bits per heavy atom. The van der Waals surface area contributed by atoms with Crippen molar-refractivity contribution in [2.24, 2.45) is 34.0 Å². The van der Waals surface area contributed by atoms with Gasteiger partial charge in [-0.25, -0.2) is 9.59 Å². The Morgan fingerprint density at radius 1 is 0.961 bits per heavy atom. The lowest BCUT2D eigenvalue weighted by molar-refractivity contribution is -0.314. The summed E-state index contributed by atoms with van der Waals surface area (Å²) in [6, 6.07) is 0. The van der Waals surface area contributed by atoms with Crippen molar-refractivity contribution in [1.82, 2.24) is 0 Å². The molecule has 0 amide bonds. The van der Waals surface area contributed by atoms with Crippen molar-refractivity contribution >= 4 is 23.9 Å². The average Bonchev–Trinajstić information content (AvgIpc) is 3.47. The van der Waals surface area contributed by atoms with Gasteiger partial charge < -0.3 is 58.0 Å². The van der Waals surface area contributed by atoms with Gasteiger partial charge in [-0.05, 0) is 33.3 Å². The average molecular weight is 721 g/mol. The molecule has 8 rings (SSSR count). The van der Waals surface area contributed by atoms with Crippen LogP contribution in [0.15, 0.2) is 24.0 Å². The van der Waals surface area contributed by atoms with Gasteiger partial charge in [-0.2, -0.15) is 0 Å². The van der Waals surface area contributed by atoms with Gasteiger partial charge >= 0.3 is 23.9 Å². The minimum atomic E-state index is -2.82. The first-order valence-electron chi connectivity index (χ1n) is 17.2. The fourth-order valence-corrected chi connectivity index (χ4v) is 12.2. The highest BCUT2D eigenvalue weighted by Gasteiger charge is 2.97. The Morgan fingerprint density at radius 3 is 2.31 bits per heavy atom. The van der Waals surface area contributed by atoms with E-state index >= 15 is 0 Å². The van der Waals surface area contributed by atoms with E-state index in [-0.39, 0.29) is 18.4 Å². The van der Waals surface area contributed by atoms with E-state index in [1.807, 2.05) is 0 Å². The van der Waals surface area contributed by atoms with Crippen LogP contribution in [0.25, 0.3) is 0 Å². The van der Waals surface area contributed by atoms with Crippen LogP contribution in [0.2, 0.25) is 0 Å². The molecule has 0 aromatic heterocycles. The molecule has 3 N–H and O–H groups in total. The predicted octanol–water partition coefficient (Wildman–Crippen LogP) is -0.203. The second kappa shape index (κ2) is 10.5. The maximum absolute atomic E-state index is 14.2. The molecule has 0 radical (unpaired) electrons. The summed E-state index contributed by atoms with van der Waals surface area (Å²) in [5.41, 5.74) is -9.47. The van der Waals surface area contributed by atoms with Gasteiger partial charge in [0.2, 0.25) is 6.29 Å². The second-order valence-corrected chi connectivity index (χ2v) is 15.8. The van der Waals surface area contributed by atoms with Crippen LogP contribution in [0, 0.1) is 34.0 Å². The molecular weight excluding hydrogens is 676 g/mol. The van der Waals surface area contributed by atoms with Gasteiger partial charge in [-0.1, -0.05) is 13.0 Å². The van der Waals surface area contributed by atoms with Crippen LogP contribution in [0.3, 0.4) is 0 Å². The number of carbonyl (C=O) groups is 4. The van der Waals surface area contributed by atoms with Crippen LogP contribution in [0.4, 0.5) is 0 Å². The van der Waals surface area contributed by atoms with Crippen molar-refractivity contribution < 1.29 is 77.1 Å². The first-order chi connectivity index (χ1) is 23.9. The summed E-state index contributed by atoms with van der Waals surface area (Å²) in [7, 11) is 2.23. The van der Waals surface area contributed by atoms with Gasteiger partial charge in [-0.3, -0.25) is 9.59 Å². The fraction of sp³-hybridized carbons (Fsp3) is 0.771. The standard InChI is InChI=1S/C35H44O16/c1-8-15(2)24(38)49-18-12-19(48-16(3)36)32(26(39)43-6)13-46-21-22(32)31(18)14-47-34(42,27(40)44-7)25(31)29(4,23(21)37)35-20-11-17(30(35,5)51-35)33(41)9-10-45-28(33)50-20/h8-10,17-23,25,28,37,41-42H,11-14H2,1-7H3/b15-8+/t17-,18+,19-,20?,21?,22?,23-,25+,28?,29-,30+,31+,32+,33+,34+,35?/m1/s1. The molecule has 8 aliphatic rings. The normalized spacial score (nSPS) is 53.9. The first kappa shape index (κ1) is 34.9. The lowest BCUT2D eigenvalue weighted by atomic mass is 9.37. The number of methoxy groups -OCH3 is 2. The molecule has 4 saturated heterocycles. The van der Waals surface area contributed by atoms with E-state index in [4.69, 9.17) is 42.6 Å². The molecule has 5 unspecified atom stereocenters. The van der Waals surface area contributed by atoms with Gasteiger partial charge in [0, 0.05) is 47.5 Å². The van der Waals surface area contributed by atoms with Crippen LogP contribution in [0.1, 0.15) is 47.5 Å². The van der Waals surface area contributed by atoms with E-state index in [1.165, 1.54) is 19.3 Å². The molecule has 16 heteroatoms. The van der Waals surface area contributed by atoms with Crippen molar-refractivity contribution in [3.8, 4) is 0 Å². The van der Waals surface area contributed by atoms with E-state index in [0.29, 0.717) is 0 Å². The van der Waals surface area contributed by atoms with Gasteiger partial charge in [0.1, 0.15) is 28.8 Å². The van der Waals surface area contributed by atoms with Crippen molar-refractivity contribution in [1.29, 1.82) is 0 Å². The van der Waals surface area contributed by atoms with Crippen molar-refractivity contribution in [3.63, 3.8) is 0 Å². The molecule has 16 atom stereocenters.